The van der Waals surface area contributed by atoms with Gasteiger partial charge in [0.25, 0.3) is 5.91 Å². The highest BCUT2D eigenvalue weighted by Crippen LogP contribution is 2.33. The highest BCUT2D eigenvalue weighted by molar-refractivity contribution is 5.95. The van der Waals surface area contributed by atoms with Crippen LogP contribution in [0.3, 0.4) is 0 Å². The topological polar surface area (TPSA) is 69.0 Å². The van der Waals surface area contributed by atoms with Crippen LogP contribution in [0.1, 0.15) is 47.2 Å². The molecule has 9 heteroatoms. The monoisotopic (exact) mass is 418 g/mol. The summed E-state index contributed by atoms with van der Waals surface area (Å²) >= 11 is 0. The molecule has 3 rings (SSSR count). The van der Waals surface area contributed by atoms with Crippen LogP contribution in [0.15, 0.2) is 54.9 Å². The Morgan fingerprint density at radius 2 is 1.90 bits per heavy atom. The second-order valence-electron chi connectivity index (χ2n) is 6.88. The summed E-state index contributed by atoms with van der Waals surface area (Å²) in [4.78, 5) is 16.5. The average molecular weight is 418 g/mol. The normalized spacial score (nSPS) is 11.5. The van der Waals surface area contributed by atoms with Crippen LogP contribution in [0.25, 0.3) is 0 Å². The van der Waals surface area contributed by atoms with Crippen LogP contribution in [0, 0.1) is 0 Å². The summed E-state index contributed by atoms with van der Waals surface area (Å²) in [6, 6.07) is 11.9. The minimum absolute atomic E-state index is 0.0729. The Balaban J connectivity index is 1.61. The number of amides is 1. The van der Waals surface area contributed by atoms with E-state index in [9.17, 15) is 18.0 Å². The molecule has 30 heavy (non-hydrogen) atoms. The quantitative estimate of drug-likeness (QED) is 0.618. The minimum atomic E-state index is -4.68. The van der Waals surface area contributed by atoms with Gasteiger partial charge in [0.05, 0.1) is 17.5 Å². The Labute approximate surface area is 171 Å². The molecule has 1 aromatic carbocycles. The number of carbonyl (C=O) groups excluding carboxylic acids is 1. The molecule has 0 radical (unpaired) electrons. The van der Waals surface area contributed by atoms with Gasteiger partial charge >= 0.3 is 6.18 Å². The molecular weight excluding hydrogens is 397 g/mol. The van der Waals surface area contributed by atoms with E-state index in [4.69, 9.17) is 4.74 Å². The molecule has 0 aliphatic rings. The van der Waals surface area contributed by atoms with Crippen LogP contribution in [0.2, 0.25) is 0 Å². The smallest absolute Gasteiger partial charge is 0.433 e. The molecule has 3 aromatic rings. The fourth-order valence-electron chi connectivity index (χ4n) is 2.82. The molecule has 0 aliphatic carbocycles. The van der Waals surface area contributed by atoms with Crippen LogP contribution in [-0.4, -0.2) is 20.7 Å². The number of aromatic nitrogens is 3. The first kappa shape index (κ1) is 21.4. The van der Waals surface area contributed by atoms with Gasteiger partial charge in [0.15, 0.2) is 5.69 Å². The summed E-state index contributed by atoms with van der Waals surface area (Å²) in [5.74, 6) is -0.210. The van der Waals surface area contributed by atoms with E-state index in [0.717, 1.165) is 22.1 Å². The van der Waals surface area contributed by atoms with Crippen molar-refractivity contribution in [2.24, 2.45) is 0 Å². The van der Waals surface area contributed by atoms with Crippen LogP contribution < -0.4 is 10.1 Å². The van der Waals surface area contributed by atoms with Crippen molar-refractivity contribution >= 4 is 5.91 Å². The molecule has 0 bridgehead atoms. The Hall–Kier alpha value is -3.36. The maximum atomic E-state index is 13.4. The van der Waals surface area contributed by atoms with Crippen molar-refractivity contribution in [3.05, 3.63) is 77.4 Å². The number of pyridine rings is 1. The van der Waals surface area contributed by atoms with Crippen molar-refractivity contribution < 1.29 is 22.7 Å². The van der Waals surface area contributed by atoms with Crippen LogP contribution in [0.4, 0.5) is 13.2 Å². The molecule has 0 unspecified atom stereocenters. The fourth-order valence-corrected chi connectivity index (χ4v) is 2.82. The van der Waals surface area contributed by atoms with Gasteiger partial charge < -0.3 is 10.1 Å². The lowest BCUT2D eigenvalue weighted by Crippen LogP contribution is -2.26. The average Bonchev–Trinajstić information content (AvgIpc) is 3.18. The number of nitrogens with one attached hydrogen (secondary N) is 1. The molecule has 0 saturated heterocycles. The molecule has 0 spiro atoms. The largest absolute Gasteiger partial charge is 0.487 e. The molecule has 1 amide bonds. The third kappa shape index (κ3) is 5.16. The van der Waals surface area contributed by atoms with Gasteiger partial charge in [-0.05, 0) is 43.7 Å². The second kappa shape index (κ2) is 8.98. The Kier molecular flexibility index (Phi) is 6.39. The summed E-state index contributed by atoms with van der Waals surface area (Å²) in [6.45, 7) is 3.53. The Morgan fingerprint density at radius 1 is 1.17 bits per heavy atom. The molecule has 1 N–H and O–H groups in total. The van der Waals surface area contributed by atoms with E-state index in [1.807, 2.05) is 18.2 Å². The number of hydrogen-bond acceptors (Lipinski definition) is 4. The molecule has 0 atom stereocenters. The van der Waals surface area contributed by atoms with Crippen molar-refractivity contribution in [3.8, 4) is 5.75 Å². The lowest BCUT2D eigenvalue weighted by atomic mass is 10.2. The van der Waals surface area contributed by atoms with Crippen LogP contribution >= 0.6 is 0 Å². The van der Waals surface area contributed by atoms with Crippen molar-refractivity contribution in [2.75, 3.05) is 0 Å². The number of alkyl halides is 3. The predicted molar refractivity (Wildman–Crippen MR) is 104 cm³/mol. The van der Waals surface area contributed by atoms with Gasteiger partial charge in [-0.15, -0.1) is 0 Å². The van der Waals surface area contributed by atoms with Crippen molar-refractivity contribution in [1.29, 1.82) is 0 Å². The number of carbonyl (C=O) groups is 1. The molecule has 2 aromatic heterocycles. The number of rotatable bonds is 7. The van der Waals surface area contributed by atoms with Gasteiger partial charge in [0, 0.05) is 18.8 Å². The summed E-state index contributed by atoms with van der Waals surface area (Å²) in [5.41, 5.74) is -0.0330. The van der Waals surface area contributed by atoms with Gasteiger partial charge in [0.2, 0.25) is 0 Å². The first-order valence-electron chi connectivity index (χ1n) is 9.30. The second-order valence-corrected chi connectivity index (χ2v) is 6.88. The highest BCUT2D eigenvalue weighted by Gasteiger charge is 2.40. The van der Waals surface area contributed by atoms with Crippen molar-refractivity contribution in [2.45, 2.75) is 39.2 Å². The predicted octanol–water partition coefficient (Wildman–Crippen LogP) is 4.39. The molecule has 0 saturated carbocycles. The first-order valence-corrected chi connectivity index (χ1v) is 9.30. The van der Waals surface area contributed by atoms with Crippen LogP contribution in [-0.2, 0) is 19.3 Å². The van der Waals surface area contributed by atoms with Gasteiger partial charge in [-0.3, -0.25) is 14.5 Å². The van der Waals surface area contributed by atoms with Crippen LogP contribution in [0.5, 0.6) is 5.75 Å². The zero-order valence-corrected chi connectivity index (χ0v) is 16.5. The number of hydrogen-bond donors (Lipinski definition) is 1. The third-order valence-electron chi connectivity index (χ3n) is 4.29. The van der Waals surface area contributed by atoms with E-state index in [2.05, 4.69) is 15.4 Å². The summed E-state index contributed by atoms with van der Waals surface area (Å²) < 4.78 is 46.7. The number of halogens is 3. The minimum Gasteiger partial charge on any atom is -0.487 e. The van der Waals surface area contributed by atoms with E-state index >= 15 is 0 Å². The lowest BCUT2D eigenvalue weighted by molar-refractivity contribution is -0.145. The van der Waals surface area contributed by atoms with Gasteiger partial charge in [-0.1, -0.05) is 18.2 Å². The Bertz CT molecular complexity index is 984. The summed E-state index contributed by atoms with van der Waals surface area (Å²) in [6.07, 6.45) is -2.05. The zero-order chi connectivity index (χ0) is 21.7. The van der Waals surface area contributed by atoms with Gasteiger partial charge in [-0.2, -0.15) is 18.3 Å². The lowest BCUT2D eigenvalue weighted by Gasteiger charge is -2.15. The van der Waals surface area contributed by atoms with E-state index in [1.54, 1.807) is 44.3 Å². The number of benzene rings is 1. The maximum absolute atomic E-state index is 13.4. The summed E-state index contributed by atoms with van der Waals surface area (Å²) in [7, 11) is 0. The summed E-state index contributed by atoms with van der Waals surface area (Å²) in [5, 5.41) is 6.24. The fraction of sp³-hybridized carbons (Fsp3) is 0.286. The molecule has 0 fully saturated rings. The van der Waals surface area contributed by atoms with E-state index in [0.29, 0.717) is 12.4 Å². The standard InChI is InChI=1S/C21H21F3N4O2/c1-14(2)28-19(21(22,23)24)18(12-27-28)20(29)26-11-15-6-8-17(9-7-15)30-13-16-5-3-4-10-25-16/h3-10,12,14H,11,13H2,1-2H3,(H,26,29). The number of nitrogens with zero attached hydrogens (tertiary/aromatic N) is 3. The van der Waals surface area contributed by atoms with E-state index in [1.165, 1.54) is 0 Å². The zero-order valence-electron chi connectivity index (χ0n) is 16.5. The van der Waals surface area contributed by atoms with Crippen molar-refractivity contribution in [3.63, 3.8) is 0 Å². The third-order valence-corrected chi connectivity index (χ3v) is 4.29. The Morgan fingerprint density at radius 3 is 2.50 bits per heavy atom. The molecular formula is C21H21F3N4O2. The SMILES string of the molecule is CC(C)n1ncc(C(=O)NCc2ccc(OCc3ccccn3)cc2)c1C(F)(F)F. The van der Waals surface area contributed by atoms with Gasteiger partial charge in [-0.25, -0.2) is 0 Å². The molecule has 6 nitrogen and oxygen atoms in total. The first-order chi connectivity index (χ1) is 14.3. The van der Waals surface area contributed by atoms with E-state index in [-0.39, 0.29) is 6.54 Å². The highest BCUT2D eigenvalue weighted by atomic mass is 19.4. The maximum Gasteiger partial charge on any atom is 0.433 e. The molecule has 158 valence electrons. The van der Waals surface area contributed by atoms with Crippen molar-refractivity contribution in [1.82, 2.24) is 20.1 Å². The van der Waals surface area contributed by atoms with Gasteiger partial charge in [0.1, 0.15) is 12.4 Å². The molecule has 0 aliphatic heterocycles. The van der Waals surface area contributed by atoms with E-state index < -0.39 is 29.4 Å². The number of ether oxygens (including phenoxy) is 1. The molecule has 2 heterocycles.